The molecule has 178 valence electrons. The Kier molecular flexibility index (Phi) is 4.97. The number of hydrogen-bond acceptors (Lipinski definition) is 3. The third kappa shape index (κ3) is 3.20. The van der Waals surface area contributed by atoms with Crippen LogP contribution in [0.25, 0.3) is 33.0 Å². The van der Waals surface area contributed by atoms with Crippen molar-refractivity contribution in [1.29, 1.82) is 0 Å². The summed E-state index contributed by atoms with van der Waals surface area (Å²) >= 11 is 0. The zero-order valence-corrected chi connectivity index (χ0v) is 20.3. The molecular weight excluding hydrogens is 436 g/mol. The molecule has 35 heavy (non-hydrogen) atoms. The quantitative estimate of drug-likeness (QED) is 0.441. The Morgan fingerprint density at radius 2 is 1.60 bits per heavy atom. The summed E-state index contributed by atoms with van der Waals surface area (Å²) in [5.41, 5.74) is 12.5. The Labute approximate surface area is 204 Å². The van der Waals surface area contributed by atoms with Gasteiger partial charge in [0.2, 0.25) is 0 Å². The molecule has 2 aromatic heterocycles. The van der Waals surface area contributed by atoms with Gasteiger partial charge in [-0.2, -0.15) is 0 Å². The van der Waals surface area contributed by atoms with Crippen molar-refractivity contribution >= 4 is 44.8 Å². The number of fused-ring (bicyclic) bond motifs is 4. The van der Waals surface area contributed by atoms with Gasteiger partial charge in [-0.25, -0.2) is 0 Å². The van der Waals surface area contributed by atoms with Crippen LogP contribution in [0.2, 0.25) is 0 Å². The van der Waals surface area contributed by atoms with Crippen LogP contribution < -0.4 is 11.1 Å². The molecule has 2 aliphatic heterocycles. The summed E-state index contributed by atoms with van der Waals surface area (Å²) in [7, 11) is 1.97. The van der Waals surface area contributed by atoms with Gasteiger partial charge in [0.05, 0.1) is 11.1 Å². The van der Waals surface area contributed by atoms with E-state index in [1.807, 2.05) is 54.2 Å². The van der Waals surface area contributed by atoms with Gasteiger partial charge in [-0.1, -0.05) is 50.2 Å². The Morgan fingerprint density at radius 3 is 2.34 bits per heavy atom. The van der Waals surface area contributed by atoms with E-state index in [1.54, 1.807) is 0 Å². The minimum Gasteiger partial charge on any atom is -0.350 e. The van der Waals surface area contributed by atoms with Crippen molar-refractivity contribution in [2.45, 2.75) is 39.3 Å². The Hall–Kier alpha value is -3.64. The first-order chi connectivity index (χ1) is 16.9. The van der Waals surface area contributed by atoms with Crippen LogP contribution in [0.15, 0.2) is 54.7 Å². The van der Waals surface area contributed by atoms with E-state index in [9.17, 15) is 9.59 Å². The average Bonchev–Trinajstić information content (AvgIpc) is 3.46. The van der Waals surface area contributed by atoms with Crippen molar-refractivity contribution in [3.05, 3.63) is 71.5 Å². The number of imide groups is 1. The van der Waals surface area contributed by atoms with Crippen LogP contribution in [0.5, 0.6) is 0 Å². The second kappa shape index (κ2) is 7.95. The molecule has 0 radical (unpaired) electrons. The van der Waals surface area contributed by atoms with Crippen LogP contribution in [0.1, 0.15) is 37.1 Å². The van der Waals surface area contributed by atoms with Gasteiger partial charge in [0.15, 0.2) is 0 Å². The molecule has 3 N–H and O–H groups in total. The highest BCUT2D eigenvalue weighted by Gasteiger charge is 2.38. The van der Waals surface area contributed by atoms with Gasteiger partial charge in [0.1, 0.15) is 0 Å². The molecule has 2 atom stereocenters. The first-order valence-corrected chi connectivity index (χ1v) is 12.4. The van der Waals surface area contributed by atoms with Crippen molar-refractivity contribution in [1.82, 2.24) is 14.5 Å². The largest absolute Gasteiger partial charge is 0.350 e. The van der Waals surface area contributed by atoms with Crippen LogP contribution in [-0.4, -0.2) is 27.0 Å². The fourth-order valence-corrected chi connectivity index (χ4v) is 6.11. The minimum atomic E-state index is -0.336. The molecule has 0 spiro atoms. The lowest BCUT2D eigenvalue weighted by Gasteiger charge is -2.32. The number of carbonyl (C=O) groups is 2. The van der Waals surface area contributed by atoms with E-state index in [2.05, 4.69) is 35.9 Å². The van der Waals surface area contributed by atoms with Crippen LogP contribution in [0.3, 0.4) is 0 Å². The highest BCUT2D eigenvalue weighted by Crippen LogP contribution is 2.43. The summed E-state index contributed by atoms with van der Waals surface area (Å²) < 4.78 is 4.34. The summed E-state index contributed by atoms with van der Waals surface area (Å²) in [5.74, 6) is 0.0394. The number of carbonyl (C=O) groups excluding carboxylic acids is 2. The van der Waals surface area contributed by atoms with Gasteiger partial charge in [0.25, 0.3) is 11.8 Å². The molecule has 2 aromatic carbocycles. The van der Waals surface area contributed by atoms with Crippen molar-refractivity contribution in [3.8, 4) is 0 Å². The lowest BCUT2D eigenvalue weighted by atomic mass is 9.82. The minimum absolute atomic E-state index is 0.0835. The maximum absolute atomic E-state index is 13.4. The molecular formula is C29H30N4O2. The fraction of sp³-hybridized carbons (Fsp3) is 0.310. The lowest BCUT2D eigenvalue weighted by Crippen LogP contribution is -2.39. The van der Waals surface area contributed by atoms with Crippen molar-refractivity contribution in [2.75, 3.05) is 0 Å². The van der Waals surface area contributed by atoms with Crippen molar-refractivity contribution in [3.63, 3.8) is 0 Å². The number of hydrogen-bond donors (Lipinski definition) is 2. The molecule has 4 aromatic rings. The molecule has 6 rings (SSSR count). The summed E-state index contributed by atoms with van der Waals surface area (Å²) in [6.07, 6.45) is 3.75. The molecule has 2 amide bonds. The Bertz CT molecular complexity index is 1550. The average molecular weight is 467 g/mol. The standard InChI is InChI=1S/C29H30N4O2/c1-16(2)27(30)17-12-13-33-22-11-7-5-9-19(22)24(23(33)14-17)26-25(28(34)31-29(26)35)20-15-32(3)21-10-6-4-8-18(20)21/h4-11,15-17,27H,12-14,30H2,1-3H3,(H,31,34,35)/t17-,27-/m0/s1. The van der Waals surface area contributed by atoms with Crippen LogP contribution in [0, 0.1) is 11.8 Å². The second-order valence-corrected chi connectivity index (χ2v) is 10.3. The molecule has 0 unspecified atom stereocenters. The van der Waals surface area contributed by atoms with Crippen LogP contribution in [0.4, 0.5) is 0 Å². The number of nitrogens with two attached hydrogens (primary N) is 1. The summed E-state index contributed by atoms with van der Waals surface area (Å²) in [6.45, 7) is 5.19. The smallest absolute Gasteiger partial charge is 0.259 e. The van der Waals surface area contributed by atoms with Gasteiger partial charge in [-0.15, -0.1) is 0 Å². The molecule has 4 heterocycles. The maximum Gasteiger partial charge on any atom is 0.259 e. The van der Waals surface area contributed by atoms with Gasteiger partial charge in [-0.05, 0) is 36.8 Å². The second-order valence-electron chi connectivity index (χ2n) is 10.3. The first kappa shape index (κ1) is 21.9. The van der Waals surface area contributed by atoms with E-state index in [-0.39, 0.29) is 17.9 Å². The zero-order valence-electron chi connectivity index (χ0n) is 20.3. The van der Waals surface area contributed by atoms with Gasteiger partial charge in [-0.3, -0.25) is 14.9 Å². The molecule has 6 heteroatoms. The predicted molar refractivity (Wildman–Crippen MR) is 139 cm³/mol. The summed E-state index contributed by atoms with van der Waals surface area (Å²) in [6, 6.07) is 16.3. The fourth-order valence-electron chi connectivity index (χ4n) is 6.11. The van der Waals surface area contributed by atoms with E-state index in [1.165, 1.54) is 0 Å². The molecule has 6 nitrogen and oxygen atoms in total. The van der Waals surface area contributed by atoms with E-state index < -0.39 is 0 Å². The lowest BCUT2D eigenvalue weighted by molar-refractivity contribution is -0.122. The number of aryl methyl sites for hydroxylation is 2. The van der Waals surface area contributed by atoms with Gasteiger partial charge in [0, 0.05) is 64.5 Å². The number of rotatable bonds is 4. The van der Waals surface area contributed by atoms with Gasteiger partial charge < -0.3 is 14.9 Å². The molecule has 0 saturated heterocycles. The zero-order chi connectivity index (χ0) is 24.4. The highest BCUT2D eigenvalue weighted by molar-refractivity contribution is 6.51. The highest BCUT2D eigenvalue weighted by atomic mass is 16.2. The van der Waals surface area contributed by atoms with E-state index in [0.29, 0.717) is 23.0 Å². The molecule has 0 aliphatic carbocycles. The first-order valence-electron chi connectivity index (χ1n) is 12.4. The number of amides is 2. The van der Waals surface area contributed by atoms with Crippen LogP contribution >= 0.6 is 0 Å². The molecule has 0 bridgehead atoms. The molecule has 0 saturated carbocycles. The molecule has 0 fully saturated rings. The SMILES string of the molecule is CC(C)[C@H](N)[C@H]1CCn2c(c(C3=C(c4cn(C)c5ccccc45)C(=O)NC3=O)c3ccccc32)C1. The summed E-state index contributed by atoms with van der Waals surface area (Å²) in [4.78, 5) is 26.7. The number of benzene rings is 2. The Morgan fingerprint density at radius 1 is 0.943 bits per heavy atom. The molecule has 2 aliphatic rings. The van der Waals surface area contributed by atoms with Crippen molar-refractivity contribution < 1.29 is 9.59 Å². The maximum atomic E-state index is 13.4. The number of para-hydroxylation sites is 2. The predicted octanol–water partition coefficient (Wildman–Crippen LogP) is 4.25. The van der Waals surface area contributed by atoms with Gasteiger partial charge >= 0.3 is 0 Å². The monoisotopic (exact) mass is 466 g/mol. The number of aromatic nitrogens is 2. The third-order valence-corrected chi connectivity index (χ3v) is 7.92. The summed E-state index contributed by atoms with van der Waals surface area (Å²) in [5, 5.41) is 4.58. The van der Waals surface area contributed by atoms with E-state index in [4.69, 9.17) is 5.73 Å². The van der Waals surface area contributed by atoms with E-state index >= 15 is 0 Å². The normalized spacial score (nSPS) is 19.2. The van der Waals surface area contributed by atoms with Crippen molar-refractivity contribution in [2.24, 2.45) is 24.6 Å². The Balaban J connectivity index is 1.65. The van der Waals surface area contributed by atoms with Crippen LogP contribution in [-0.2, 0) is 29.6 Å². The topological polar surface area (TPSA) is 82.0 Å². The van der Waals surface area contributed by atoms with E-state index in [0.717, 1.165) is 58.0 Å². The third-order valence-electron chi connectivity index (χ3n) is 7.92. The number of nitrogens with one attached hydrogen (secondary N) is 1. The number of nitrogens with zero attached hydrogens (tertiary/aromatic N) is 2.